The van der Waals surface area contributed by atoms with Crippen LogP contribution in [0.2, 0.25) is 0 Å². The van der Waals surface area contributed by atoms with Crippen molar-refractivity contribution in [2.75, 3.05) is 0 Å². The Morgan fingerprint density at radius 1 is 0.205 bits per heavy atom. The van der Waals surface area contributed by atoms with Gasteiger partial charge in [0.05, 0.1) is 23.3 Å². The molecule has 11 aromatic carbocycles. The van der Waals surface area contributed by atoms with Crippen LogP contribution in [-0.4, -0.2) is 0 Å². The summed E-state index contributed by atoms with van der Waals surface area (Å²) in [4.78, 5) is 0. The van der Waals surface area contributed by atoms with Gasteiger partial charge in [-0.05, 0) is 118 Å². The average molecular weight is 1750 g/mol. The Balaban J connectivity index is -0.0000000515. The summed E-state index contributed by atoms with van der Waals surface area (Å²) in [6.45, 7) is 97.0. The number of benzene rings is 11. The maximum atomic E-state index is 8.67. The van der Waals surface area contributed by atoms with Crippen LogP contribution in [-0.2, 0) is 10.8 Å². The quantitative estimate of drug-likeness (QED) is 0.172. The Kier molecular flexibility index (Phi) is 185. The summed E-state index contributed by atoms with van der Waals surface area (Å²) in [7, 11) is 0. The number of fused-ring (bicyclic) bond motifs is 3. The zero-order valence-electron chi connectivity index (χ0n) is 87.6. The van der Waals surface area contributed by atoms with E-state index in [1.54, 1.807) is 12.1 Å². The third-order valence-corrected chi connectivity index (χ3v) is 14.5. The second kappa shape index (κ2) is 137. The Hall–Kier alpha value is -9.60. The van der Waals surface area contributed by atoms with Gasteiger partial charge in [-0.15, -0.1) is 0 Å². The van der Waals surface area contributed by atoms with Crippen molar-refractivity contribution in [1.82, 2.24) is 0 Å². The maximum Gasteiger partial charge on any atom is 0.0994 e. The van der Waals surface area contributed by atoms with Gasteiger partial charge in [-0.25, -0.2) is 0 Å². The molecular weight excluding hydrogens is 1530 g/mol. The fourth-order valence-corrected chi connectivity index (χ4v) is 9.62. The van der Waals surface area contributed by atoms with E-state index in [0.29, 0.717) is 11.1 Å². The van der Waals surface area contributed by atoms with Crippen molar-refractivity contribution < 1.29 is 0 Å². The lowest BCUT2D eigenvalue weighted by Crippen LogP contribution is -2.18. The predicted octanol–water partition coefficient (Wildman–Crippen LogP) is 45.7. The highest BCUT2D eigenvalue weighted by atomic mass is 14.4. The summed E-state index contributed by atoms with van der Waals surface area (Å²) >= 11 is 0. The molecular formula is C125H220N2. The van der Waals surface area contributed by atoms with Gasteiger partial charge in [-0.3, -0.25) is 0 Å². The predicted molar refractivity (Wildman–Crippen MR) is 614 cm³/mol. The number of nitriles is 2. The standard InChI is InChI=1S/C18H14.C15H14.C15H16.C12H10.C10H8N2.C8H10.20C2H6.7CH4/c1-3-7-15(8-4-1)17-11-13-18(14-12-17)16-9-5-2-6-10-16;1-15(2)13-9-5-3-7-11(13)12-8-4-6-10-14(12)15;1-15(2,13-9-5-3-6-10-13)14-11-7-4-8-12-14;1-3-7-11(8-4-1)12-9-5-2-6-10-12;1-7-3-10(6-12)8(2)4-9(7)5-11;1-7-3-5-8(2)6-4-7;20*1-2;;;;;;;/h1-14H;3-10H,1-2H3;3-12H,1-2H3;1-10H;3-4H,1-2H3;3-6H,1-2H3;20*1-2H3;7*1H4. The minimum Gasteiger partial charge on any atom is -0.192 e. The lowest BCUT2D eigenvalue weighted by Gasteiger charge is -2.25. The van der Waals surface area contributed by atoms with Crippen molar-refractivity contribution in [3.05, 3.63) is 347 Å². The molecule has 0 saturated heterocycles. The molecule has 730 valence electrons. The molecule has 0 radical (unpaired) electrons. The normalized spacial score (nSPS) is 7.92. The number of rotatable bonds is 5. The molecule has 0 atom stereocenters. The molecule has 0 N–H and O–H groups in total. The van der Waals surface area contributed by atoms with Crippen LogP contribution in [0.3, 0.4) is 0 Å². The monoisotopic (exact) mass is 1750 g/mol. The van der Waals surface area contributed by atoms with E-state index in [0.717, 1.165) is 11.1 Å². The molecule has 127 heavy (non-hydrogen) atoms. The first kappa shape index (κ1) is 171. The third-order valence-electron chi connectivity index (χ3n) is 14.5. The van der Waals surface area contributed by atoms with Crippen molar-refractivity contribution >= 4 is 0 Å². The number of hydrogen-bond acceptors (Lipinski definition) is 2. The van der Waals surface area contributed by atoms with Gasteiger partial charge in [0.15, 0.2) is 0 Å². The molecule has 2 nitrogen and oxygen atoms in total. The molecule has 0 spiro atoms. The second-order valence-corrected chi connectivity index (χ2v) is 21.0. The Labute approximate surface area is 803 Å². The molecule has 0 bridgehead atoms. The average Bonchev–Trinajstić information content (AvgIpc) is 1.59. The lowest BCUT2D eigenvalue weighted by atomic mass is 9.78. The first-order valence-electron chi connectivity index (χ1n) is 47.4. The van der Waals surface area contributed by atoms with Crippen molar-refractivity contribution in [2.45, 2.75) is 395 Å². The highest BCUT2D eigenvalue weighted by Gasteiger charge is 2.34. The van der Waals surface area contributed by atoms with E-state index >= 15 is 0 Å². The van der Waals surface area contributed by atoms with Crippen molar-refractivity contribution in [2.24, 2.45) is 0 Å². The third kappa shape index (κ3) is 77.3. The largest absolute Gasteiger partial charge is 0.192 e. The van der Waals surface area contributed by atoms with Gasteiger partial charge in [0.25, 0.3) is 0 Å². The highest BCUT2D eigenvalue weighted by molar-refractivity contribution is 5.80. The van der Waals surface area contributed by atoms with Crippen LogP contribution >= 0.6 is 0 Å². The molecule has 1 aliphatic rings. The van der Waals surface area contributed by atoms with E-state index in [-0.39, 0.29) is 62.8 Å². The van der Waals surface area contributed by atoms with E-state index in [2.05, 4.69) is 308 Å². The second-order valence-electron chi connectivity index (χ2n) is 21.0. The molecule has 0 fully saturated rings. The van der Waals surface area contributed by atoms with Crippen molar-refractivity contribution in [3.8, 4) is 56.6 Å². The topological polar surface area (TPSA) is 47.6 Å². The zero-order chi connectivity index (χ0) is 96.7. The molecule has 1 aliphatic carbocycles. The van der Waals surface area contributed by atoms with Gasteiger partial charge in [0.1, 0.15) is 0 Å². The van der Waals surface area contributed by atoms with Crippen LogP contribution < -0.4 is 0 Å². The molecule has 11 aromatic rings. The smallest absolute Gasteiger partial charge is 0.0994 e. The maximum absolute atomic E-state index is 8.67. The van der Waals surface area contributed by atoms with Gasteiger partial charge in [-0.1, -0.05) is 647 Å². The van der Waals surface area contributed by atoms with Crippen LogP contribution in [0.5, 0.6) is 0 Å². The number of nitrogens with zero attached hydrogens (tertiary/aromatic N) is 2. The van der Waals surface area contributed by atoms with Gasteiger partial charge in [-0.2, -0.15) is 10.5 Å². The van der Waals surface area contributed by atoms with Crippen molar-refractivity contribution in [1.29, 1.82) is 10.5 Å². The SMILES string of the molecule is C.C.C.C.C.C.C.CC.CC.CC.CC.CC.CC.CC.CC.CC.CC.CC.CC.CC.CC.CC.CC.CC.CC.CC.CC.CC(C)(c1ccccc1)c1ccccc1.CC1(C)c2ccccc2-c2ccccc21.Cc1cc(C#N)c(C)cc1C#N.Cc1ccc(C)cc1.c1ccc(-c2ccc(-c3ccccc3)cc2)cc1.c1ccc(-c2ccccc2)cc1. The van der Waals surface area contributed by atoms with Gasteiger partial charge >= 0.3 is 0 Å². The lowest BCUT2D eigenvalue weighted by molar-refractivity contribution is 0.641. The first-order valence-corrected chi connectivity index (χ1v) is 47.4. The number of aryl methyl sites for hydroxylation is 4. The molecule has 2 heteroatoms. The molecule has 12 rings (SSSR count). The minimum atomic E-state index is 0. The van der Waals surface area contributed by atoms with E-state index < -0.39 is 0 Å². The Bertz CT molecular complexity index is 3460. The van der Waals surface area contributed by atoms with E-state index in [9.17, 15) is 0 Å². The van der Waals surface area contributed by atoms with Crippen LogP contribution in [0.4, 0.5) is 0 Å². The Morgan fingerprint density at radius 2 is 0.354 bits per heavy atom. The molecule has 0 saturated carbocycles. The zero-order valence-corrected chi connectivity index (χ0v) is 87.6. The molecule has 0 unspecified atom stereocenters. The van der Waals surface area contributed by atoms with E-state index in [4.69, 9.17) is 10.5 Å². The van der Waals surface area contributed by atoms with Crippen LogP contribution in [0.15, 0.2) is 291 Å². The summed E-state index contributed by atoms with van der Waals surface area (Å²) in [5.74, 6) is 0. The van der Waals surface area contributed by atoms with Crippen LogP contribution in [0.1, 0.15) is 412 Å². The molecule has 0 aromatic heterocycles. The fraction of sp³-hybridized carbons (Fsp3) is 0.456. The molecule has 0 aliphatic heterocycles. The van der Waals surface area contributed by atoms with Gasteiger partial charge in [0.2, 0.25) is 0 Å². The van der Waals surface area contributed by atoms with Crippen LogP contribution in [0, 0.1) is 50.4 Å². The summed E-state index contributed by atoms with van der Waals surface area (Å²) in [6.07, 6.45) is 0. The van der Waals surface area contributed by atoms with Gasteiger partial charge < -0.3 is 0 Å². The number of hydrogen-bond donors (Lipinski definition) is 0. The Morgan fingerprint density at radius 3 is 0.528 bits per heavy atom. The first-order chi connectivity index (χ1) is 58.8. The summed E-state index contributed by atoms with van der Waals surface area (Å²) < 4.78 is 0. The highest BCUT2D eigenvalue weighted by Crippen LogP contribution is 2.48. The minimum absolute atomic E-state index is 0. The molecule has 0 amide bonds. The summed E-state index contributed by atoms with van der Waals surface area (Å²) in [5.41, 5.74) is 21.9. The molecule has 0 heterocycles. The van der Waals surface area contributed by atoms with Crippen molar-refractivity contribution in [3.63, 3.8) is 0 Å². The van der Waals surface area contributed by atoms with Gasteiger partial charge in [0, 0.05) is 10.8 Å². The van der Waals surface area contributed by atoms with Crippen LogP contribution in [0.25, 0.3) is 44.5 Å². The summed E-state index contributed by atoms with van der Waals surface area (Å²) in [6, 6.07) is 105. The summed E-state index contributed by atoms with van der Waals surface area (Å²) in [5, 5.41) is 17.3. The van der Waals surface area contributed by atoms with E-state index in [1.165, 1.54) is 77.9 Å². The fourth-order valence-electron chi connectivity index (χ4n) is 9.62. The van der Waals surface area contributed by atoms with E-state index in [1.807, 2.05) is 315 Å².